The van der Waals surface area contributed by atoms with Crippen LogP contribution in [0, 0.1) is 0 Å². The van der Waals surface area contributed by atoms with E-state index < -0.39 is 6.10 Å². The first kappa shape index (κ1) is 18.7. The predicted octanol–water partition coefficient (Wildman–Crippen LogP) is 3.30. The van der Waals surface area contributed by atoms with Gasteiger partial charge in [-0.3, -0.25) is 15.6 Å². The number of hydrogen-bond acceptors (Lipinski definition) is 3. The van der Waals surface area contributed by atoms with E-state index in [4.69, 9.17) is 17.0 Å². The highest BCUT2D eigenvalue weighted by atomic mass is 32.1. The third-order valence-electron chi connectivity index (χ3n) is 4.00. The van der Waals surface area contributed by atoms with E-state index in [0.717, 1.165) is 16.3 Å². The van der Waals surface area contributed by atoms with E-state index in [2.05, 4.69) is 16.2 Å². The van der Waals surface area contributed by atoms with Crippen molar-refractivity contribution in [2.75, 3.05) is 0 Å². The Morgan fingerprint density at radius 3 is 2.44 bits per heavy atom. The second-order valence-electron chi connectivity index (χ2n) is 6.05. The van der Waals surface area contributed by atoms with Gasteiger partial charge in [0.15, 0.2) is 11.2 Å². The topological polar surface area (TPSA) is 62.4 Å². The maximum absolute atomic E-state index is 12.2. The van der Waals surface area contributed by atoms with Gasteiger partial charge in [-0.2, -0.15) is 0 Å². The van der Waals surface area contributed by atoms with Gasteiger partial charge in [-0.15, -0.1) is 0 Å². The second kappa shape index (κ2) is 9.00. The molecule has 0 unspecified atom stereocenters. The zero-order valence-corrected chi connectivity index (χ0v) is 15.8. The van der Waals surface area contributed by atoms with E-state index in [0.29, 0.717) is 17.4 Å². The number of benzene rings is 3. The van der Waals surface area contributed by atoms with E-state index >= 15 is 0 Å². The lowest BCUT2D eigenvalue weighted by molar-refractivity contribution is -0.127. The molecule has 0 aliphatic heterocycles. The second-order valence-corrected chi connectivity index (χ2v) is 6.46. The lowest BCUT2D eigenvalue weighted by atomic mass is 10.1. The Bertz CT molecular complexity index is 931. The van der Waals surface area contributed by atoms with Crippen molar-refractivity contribution < 1.29 is 9.53 Å². The smallest absolute Gasteiger partial charge is 0.279 e. The molecule has 1 atom stereocenters. The van der Waals surface area contributed by atoms with Gasteiger partial charge < -0.3 is 10.1 Å². The zero-order chi connectivity index (χ0) is 19.1. The number of thiocarbonyl (C=S) groups is 1. The highest BCUT2D eigenvalue weighted by Crippen LogP contribution is 2.21. The number of rotatable bonds is 5. The molecule has 0 saturated heterocycles. The largest absolute Gasteiger partial charge is 0.481 e. The highest BCUT2D eigenvalue weighted by Gasteiger charge is 2.15. The summed E-state index contributed by atoms with van der Waals surface area (Å²) in [4.78, 5) is 12.2. The molecule has 0 saturated carbocycles. The molecule has 6 heteroatoms. The number of ether oxygens (including phenoxy) is 1. The minimum Gasteiger partial charge on any atom is -0.481 e. The monoisotopic (exact) mass is 379 g/mol. The molecule has 5 nitrogen and oxygen atoms in total. The molecule has 3 N–H and O–H groups in total. The van der Waals surface area contributed by atoms with Gasteiger partial charge in [0.05, 0.1) is 0 Å². The Kier molecular flexibility index (Phi) is 6.22. The van der Waals surface area contributed by atoms with Gasteiger partial charge in [-0.05, 0) is 47.6 Å². The van der Waals surface area contributed by atoms with Gasteiger partial charge in [0, 0.05) is 6.54 Å². The molecule has 138 valence electrons. The summed E-state index contributed by atoms with van der Waals surface area (Å²) in [5, 5.41) is 5.55. The Labute approximate surface area is 163 Å². The summed E-state index contributed by atoms with van der Waals surface area (Å²) in [5.41, 5.74) is 6.35. The quantitative estimate of drug-likeness (QED) is 0.469. The zero-order valence-electron chi connectivity index (χ0n) is 14.9. The molecule has 0 fully saturated rings. The van der Waals surface area contributed by atoms with Crippen LogP contribution in [0.15, 0.2) is 72.8 Å². The van der Waals surface area contributed by atoms with Gasteiger partial charge >= 0.3 is 0 Å². The number of hydrazine groups is 1. The van der Waals surface area contributed by atoms with Crippen LogP contribution in [0.1, 0.15) is 12.5 Å². The van der Waals surface area contributed by atoms with Crippen molar-refractivity contribution in [1.82, 2.24) is 16.2 Å². The molecule has 3 aromatic rings. The summed E-state index contributed by atoms with van der Waals surface area (Å²) >= 11 is 5.16. The van der Waals surface area contributed by atoms with Crippen LogP contribution in [0.5, 0.6) is 5.75 Å². The number of nitrogens with one attached hydrogen (secondary N) is 3. The van der Waals surface area contributed by atoms with E-state index in [9.17, 15) is 4.79 Å². The maximum atomic E-state index is 12.2. The molecule has 1 amide bonds. The minimum absolute atomic E-state index is 0.313. The van der Waals surface area contributed by atoms with Crippen molar-refractivity contribution in [2.24, 2.45) is 0 Å². The van der Waals surface area contributed by atoms with Crippen LogP contribution in [0.3, 0.4) is 0 Å². The van der Waals surface area contributed by atoms with Crippen molar-refractivity contribution in [1.29, 1.82) is 0 Å². The Morgan fingerprint density at radius 2 is 1.67 bits per heavy atom. The van der Waals surface area contributed by atoms with Crippen LogP contribution < -0.4 is 20.9 Å². The summed E-state index contributed by atoms with van der Waals surface area (Å²) in [6, 6.07) is 23.6. The van der Waals surface area contributed by atoms with Gasteiger partial charge in [0.2, 0.25) is 0 Å². The molecular weight excluding hydrogens is 358 g/mol. The summed E-state index contributed by atoms with van der Waals surface area (Å²) in [7, 11) is 0. The van der Waals surface area contributed by atoms with Gasteiger partial charge in [-0.25, -0.2) is 0 Å². The van der Waals surface area contributed by atoms with Crippen molar-refractivity contribution in [3.8, 4) is 5.75 Å². The van der Waals surface area contributed by atoms with Crippen LogP contribution in [-0.4, -0.2) is 17.1 Å². The van der Waals surface area contributed by atoms with Gasteiger partial charge in [0.25, 0.3) is 5.91 Å². The summed E-state index contributed by atoms with van der Waals surface area (Å²) < 4.78 is 5.73. The molecule has 0 aromatic heterocycles. The maximum Gasteiger partial charge on any atom is 0.279 e. The standard InChI is InChI=1S/C21H21N3O2S/c1-15(26-19-12-11-17-9-5-6-10-18(17)13-19)20(25)23-24-21(27)22-14-16-7-3-2-4-8-16/h2-13,15H,14H2,1H3,(H,23,25)(H2,22,24,27)/t15-/m0/s1. The van der Waals surface area contributed by atoms with Crippen LogP contribution in [0.4, 0.5) is 0 Å². The number of amides is 1. The fourth-order valence-electron chi connectivity index (χ4n) is 2.54. The fourth-order valence-corrected chi connectivity index (χ4v) is 2.66. The van der Waals surface area contributed by atoms with Gasteiger partial charge in [0.1, 0.15) is 5.75 Å². The average Bonchev–Trinajstić information content (AvgIpc) is 2.71. The third-order valence-corrected chi connectivity index (χ3v) is 4.24. The molecule has 0 spiro atoms. The number of hydrogen-bond donors (Lipinski definition) is 3. The van der Waals surface area contributed by atoms with Crippen LogP contribution >= 0.6 is 12.2 Å². The van der Waals surface area contributed by atoms with E-state index in [1.165, 1.54) is 0 Å². The summed E-state index contributed by atoms with van der Waals surface area (Å²) in [6.07, 6.45) is -0.671. The predicted molar refractivity (Wildman–Crippen MR) is 111 cm³/mol. The SMILES string of the molecule is C[C@H](Oc1ccc2ccccc2c1)C(=O)NNC(=S)NCc1ccccc1. The molecule has 0 aliphatic carbocycles. The molecular formula is C21H21N3O2S. The van der Waals surface area contributed by atoms with Crippen molar-refractivity contribution in [2.45, 2.75) is 19.6 Å². The third kappa shape index (κ3) is 5.43. The minimum atomic E-state index is -0.671. The Balaban J connectivity index is 1.46. The normalized spacial score (nSPS) is 11.4. The number of fused-ring (bicyclic) bond motifs is 1. The van der Waals surface area contributed by atoms with Crippen LogP contribution in [0.2, 0.25) is 0 Å². The van der Waals surface area contributed by atoms with Crippen molar-refractivity contribution >= 4 is 34.0 Å². The molecule has 0 bridgehead atoms. The van der Waals surface area contributed by atoms with Crippen molar-refractivity contribution in [3.05, 3.63) is 78.4 Å². The molecule has 0 aliphatic rings. The highest BCUT2D eigenvalue weighted by molar-refractivity contribution is 7.80. The van der Waals surface area contributed by atoms with Crippen LogP contribution in [0.25, 0.3) is 10.8 Å². The van der Waals surface area contributed by atoms with Crippen LogP contribution in [-0.2, 0) is 11.3 Å². The summed E-state index contributed by atoms with van der Waals surface area (Å²) in [6.45, 7) is 2.26. The Hall–Kier alpha value is -3.12. The first-order chi connectivity index (χ1) is 13.1. The average molecular weight is 379 g/mol. The molecule has 3 rings (SSSR count). The Morgan fingerprint density at radius 1 is 0.963 bits per heavy atom. The molecule has 0 radical (unpaired) electrons. The molecule has 3 aromatic carbocycles. The van der Waals surface area contributed by atoms with E-state index in [-0.39, 0.29) is 5.91 Å². The van der Waals surface area contributed by atoms with E-state index in [1.54, 1.807) is 6.92 Å². The number of carbonyl (C=O) groups excluding carboxylic acids is 1. The van der Waals surface area contributed by atoms with Crippen molar-refractivity contribution in [3.63, 3.8) is 0 Å². The molecule has 27 heavy (non-hydrogen) atoms. The first-order valence-corrected chi connectivity index (χ1v) is 9.06. The lowest BCUT2D eigenvalue weighted by Crippen LogP contribution is -2.50. The van der Waals surface area contributed by atoms with E-state index in [1.807, 2.05) is 72.8 Å². The molecule has 0 heterocycles. The fraction of sp³-hybridized carbons (Fsp3) is 0.143. The first-order valence-electron chi connectivity index (χ1n) is 8.65. The number of carbonyl (C=O) groups is 1. The van der Waals surface area contributed by atoms with Gasteiger partial charge in [-0.1, -0.05) is 60.7 Å². The lowest BCUT2D eigenvalue weighted by Gasteiger charge is -2.17. The summed E-state index contributed by atoms with van der Waals surface area (Å²) in [5.74, 6) is 0.327.